The molecule has 1 saturated heterocycles. The molecule has 86 valence electrons. The van der Waals surface area contributed by atoms with Crippen molar-refractivity contribution < 1.29 is 0 Å². The van der Waals surface area contributed by atoms with Gasteiger partial charge in [0, 0.05) is 30.1 Å². The normalized spacial score (nSPS) is 25.7. The molecule has 0 amide bonds. The Morgan fingerprint density at radius 2 is 2.25 bits per heavy atom. The minimum absolute atomic E-state index is 0.761. The zero-order chi connectivity index (χ0) is 11.0. The molecule has 2 heterocycles. The lowest BCUT2D eigenvalue weighted by Gasteiger charge is -2.33. The van der Waals surface area contributed by atoms with Gasteiger partial charge in [0.05, 0.1) is 0 Å². The van der Waals surface area contributed by atoms with Crippen molar-refractivity contribution in [2.45, 2.75) is 25.4 Å². The molecule has 1 fully saturated rings. The Labute approximate surface area is 105 Å². The Hall–Kier alpha value is -0.380. The molecule has 1 N–H and O–H groups in total. The summed E-state index contributed by atoms with van der Waals surface area (Å²) >= 11 is 3.55. The maximum absolute atomic E-state index is 3.55. The van der Waals surface area contributed by atoms with E-state index in [1.54, 1.807) is 0 Å². The summed E-state index contributed by atoms with van der Waals surface area (Å²) in [5.41, 5.74) is 3.04. The van der Waals surface area contributed by atoms with Crippen LogP contribution >= 0.6 is 15.9 Å². The molecule has 3 heteroatoms. The third-order valence-electron chi connectivity index (χ3n) is 3.76. The average Bonchev–Trinajstić information content (AvgIpc) is 2.82. The molecule has 0 aliphatic carbocycles. The first-order valence-corrected chi connectivity index (χ1v) is 6.84. The van der Waals surface area contributed by atoms with Crippen LogP contribution in [0.15, 0.2) is 22.7 Å². The van der Waals surface area contributed by atoms with Crippen molar-refractivity contribution >= 4 is 15.9 Å². The van der Waals surface area contributed by atoms with Crippen LogP contribution in [0.5, 0.6) is 0 Å². The predicted molar refractivity (Wildman–Crippen MR) is 69.5 cm³/mol. The molecule has 1 aromatic carbocycles. The maximum Gasteiger partial charge on any atom is 0.0240 e. The van der Waals surface area contributed by atoms with Crippen LogP contribution in [-0.2, 0) is 13.0 Å². The fourth-order valence-electron chi connectivity index (χ4n) is 2.81. The van der Waals surface area contributed by atoms with Gasteiger partial charge < -0.3 is 5.32 Å². The molecule has 0 radical (unpaired) electrons. The minimum Gasteiger partial charge on any atom is -0.315 e. The molecule has 0 saturated carbocycles. The first kappa shape index (κ1) is 10.8. The van der Waals surface area contributed by atoms with Crippen LogP contribution in [-0.4, -0.2) is 30.6 Å². The van der Waals surface area contributed by atoms with E-state index in [4.69, 9.17) is 0 Å². The second-order valence-electron chi connectivity index (χ2n) is 4.78. The van der Waals surface area contributed by atoms with E-state index in [0.29, 0.717) is 0 Å². The van der Waals surface area contributed by atoms with Crippen LogP contribution in [0.2, 0.25) is 0 Å². The van der Waals surface area contributed by atoms with Crippen LogP contribution in [0.1, 0.15) is 17.5 Å². The van der Waals surface area contributed by atoms with Gasteiger partial charge in [-0.15, -0.1) is 0 Å². The number of nitrogens with zero attached hydrogens (tertiary/aromatic N) is 1. The van der Waals surface area contributed by atoms with E-state index in [2.05, 4.69) is 44.3 Å². The second kappa shape index (κ2) is 4.47. The molecule has 2 aliphatic rings. The maximum atomic E-state index is 3.55. The number of fused-ring (bicyclic) bond motifs is 1. The van der Waals surface area contributed by atoms with Crippen molar-refractivity contribution in [3.05, 3.63) is 33.8 Å². The summed E-state index contributed by atoms with van der Waals surface area (Å²) in [5, 5.41) is 3.45. The molecule has 1 atom stereocenters. The molecule has 3 rings (SSSR count). The second-order valence-corrected chi connectivity index (χ2v) is 5.70. The van der Waals surface area contributed by atoms with Crippen molar-refractivity contribution in [2.24, 2.45) is 0 Å². The monoisotopic (exact) mass is 280 g/mol. The molecule has 0 bridgehead atoms. The van der Waals surface area contributed by atoms with E-state index in [1.807, 2.05) is 0 Å². The number of rotatable bonds is 1. The van der Waals surface area contributed by atoms with Gasteiger partial charge in [0.1, 0.15) is 0 Å². The Morgan fingerprint density at radius 1 is 1.31 bits per heavy atom. The summed E-state index contributed by atoms with van der Waals surface area (Å²) in [5.74, 6) is 0. The highest BCUT2D eigenvalue weighted by molar-refractivity contribution is 9.10. The van der Waals surface area contributed by atoms with Crippen LogP contribution < -0.4 is 5.32 Å². The molecular weight excluding hydrogens is 264 g/mol. The van der Waals surface area contributed by atoms with E-state index in [9.17, 15) is 0 Å². The van der Waals surface area contributed by atoms with E-state index in [0.717, 1.165) is 12.6 Å². The quantitative estimate of drug-likeness (QED) is 0.848. The van der Waals surface area contributed by atoms with Crippen LogP contribution in [0.25, 0.3) is 0 Å². The first-order chi connectivity index (χ1) is 7.83. The Morgan fingerprint density at radius 3 is 3.06 bits per heavy atom. The minimum atomic E-state index is 0.761. The molecule has 0 aromatic heterocycles. The third-order valence-corrected chi connectivity index (χ3v) is 4.25. The smallest absolute Gasteiger partial charge is 0.0240 e. The molecule has 2 aliphatic heterocycles. The molecule has 16 heavy (non-hydrogen) atoms. The van der Waals surface area contributed by atoms with Crippen molar-refractivity contribution in [2.75, 3.05) is 19.6 Å². The van der Waals surface area contributed by atoms with E-state index in [-0.39, 0.29) is 0 Å². The van der Waals surface area contributed by atoms with Crippen molar-refractivity contribution in [3.63, 3.8) is 0 Å². The van der Waals surface area contributed by atoms with Gasteiger partial charge in [-0.25, -0.2) is 0 Å². The number of benzene rings is 1. The largest absolute Gasteiger partial charge is 0.315 e. The molecule has 0 spiro atoms. The van der Waals surface area contributed by atoms with Crippen LogP contribution in [0, 0.1) is 0 Å². The highest BCUT2D eigenvalue weighted by Gasteiger charge is 2.25. The number of hydrogen-bond donors (Lipinski definition) is 1. The third kappa shape index (κ3) is 2.04. The summed E-state index contributed by atoms with van der Waals surface area (Å²) in [6.45, 7) is 4.71. The molecular formula is C13H17BrN2. The van der Waals surface area contributed by atoms with Gasteiger partial charge in [0.15, 0.2) is 0 Å². The molecule has 1 unspecified atom stereocenters. The van der Waals surface area contributed by atoms with E-state index < -0.39 is 0 Å². The lowest BCUT2D eigenvalue weighted by Crippen LogP contribution is -2.40. The van der Waals surface area contributed by atoms with Gasteiger partial charge in [0.25, 0.3) is 0 Å². The van der Waals surface area contributed by atoms with Crippen molar-refractivity contribution in [1.29, 1.82) is 0 Å². The number of halogens is 1. The van der Waals surface area contributed by atoms with E-state index >= 15 is 0 Å². The summed E-state index contributed by atoms with van der Waals surface area (Å²) < 4.78 is 1.21. The fourth-order valence-corrected chi connectivity index (χ4v) is 3.21. The van der Waals surface area contributed by atoms with Crippen molar-refractivity contribution in [1.82, 2.24) is 10.2 Å². The highest BCUT2D eigenvalue weighted by atomic mass is 79.9. The fraction of sp³-hybridized carbons (Fsp3) is 0.538. The van der Waals surface area contributed by atoms with E-state index in [1.165, 1.54) is 48.1 Å². The predicted octanol–water partition coefficient (Wildman–Crippen LogP) is 2.17. The molecule has 2 nitrogen and oxygen atoms in total. The number of nitrogens with one attached hydrogen (secondary N) is 1. The average molecular weight is 281 g/mol. The van der Waals surface area contributed by atoms with Gasteiger partial charge in [-0.1, -0.05) is 22.0 Å². The lowest BCUT2D eigenvalue weighted by atomic mass is 9.98. The zero-order valence-corrected chi connectivity index (χ0v) is 11.0. The topological polar surface area (TPSA) is 15.3 Å². The first-order valence-electron chi connectivity index (χ1n) is 6.05. The van der Waals surface area contributed by atoms with Gasteiger partial charge >= 0.3 is 0 Å². The Balaban J connectivity index is 1.78. The summed E-state index contributed by atoms with van der Waals surface area (Å²) in [4.78, 5) is 2.64. The SMILES string of the molecule is Brc1ccc2c(c1)CCN(C1CCNC1)C2. The van der Waals surface area contributed by atoms with Crippen LogP contribution in [0.3, 0.4) is 0 Å². The van der Waals surface area contributed by atoms with Gasteiger partial charge in [-0.3, -0.25) is 4.90 Å². The molecule has 1 aromatic rings. The van der Waals surface area contributed by atoms with Gasteiger partial charge in [-0.05, 0) is 42.6 Å². The Kier molecular flexibility index (Phi) is 3.01. The lowest BCUT2D eigenvalue weighted by molar-refractivity contribution is 0.190. The summed E-state index contributed by atoms with van der Waals surface area (Å²) in [7, 11) is 0. The van der Waals surface area contributed by atoms with Gasteiger partial charge in [0.2, 0.25) is 0 Å². The van der Waals surface area contributed by atoms with Crippen molar-refractivity contribution in [3.8, 4) is 0 Å². The Bertz CT molecular complexity index is 386. The summed E-state index contributed by atoms with van der Waals surface area (Å²) in [6, 6.07) is 7.47. The number of hydrogen-bond acceptors (Lipinski definition) is 2. The van der Waals surface area contributed by atoms with Gasteiger partial charge in [-0.2, -0.15) is 0 Å². The summed E-state index contributed by atoms with van der Waals surface area (Å²) in [6.07, 6.45) is 2.51. The standard InChI is InChI=1S/C13H17BrN2/c14-12-2-1-11-9-16(6-4-10(11)7-12)13-3-5-15-8-13/h1-2,7,13,15H,3-6,8-9H2. The van der Waals surface area contributed by atoms with Crippen LogP contribution in [0.4, 0.5) is 0 Å². The highest BCUT2D eigenvalue weighted by Crippen LogP contribution is 2.25. The zero-order valence-electron chi connectivity index (χ0n) is 9.38.